The third-order valence-electron chi connectivity index (χ3n) is 4.01. The summed E-state index contributed by atoms with van der Waals surface area (Å²) in [6.07, 6.45) is 8.72. The van der Waals surface area contributed by atoms with E-state index in [1.54, 1.807) is 11.3 Å². The molecule has 1 aromatic carbocycles. The maximum atomic E-state index is 6.12. The quantitative estimate of drug-likeness (QED) is 0.591. The fourth-order valence-electron chi connectivity index (χ4n) is 2.95. The summed E-state index contributed by atoms with van der Waals surface area (Å²) in [5, 5.41) is 3.98. The summed E-state index contributed by atoms with van der Waals surface area (Å²) in [4.78, 5) is 6.23. The maximum absolute atomic E-state index is 6.12. The standard InChI is InChI=1S/C19H14ClNS/c20-15-9-7-13-8-10-16(21-17(13)12-15)19(14-4-1-2-5-14)18-6-3-11-22-18/h1-12,14,19H. The minimum Gasteiger partial charge on any atom is -0.252 e. The molecule has 0 N–H and O–H groups in total. The van der Waals surface area contributed by atoms with Crippen LogP contribution >= 0.6 is 22.9 Å². The first-order chi connectivity index (χ1) is 10.8. The normalized spacial score (nSPS) is 15.7. The first kappa shape index (κ1) is 13.7. The third kappa shape index (κ3) is 2.49. The van der Waals surface area contributed by atoms with E-state index in [9.17, 15) is 0 Å². The lowest BCUT2D eigenvalue weighted by atomic mass is 9.88. The zero-order valence-corrected chi connectivity index (χ0v) is 13.4. The molecule has 0 amide bonds. The van der Waals surface area contributed by atoms with E-state index >= 15 is 0 Å². The molecule has 3 aromatic rings. The summed E-state index contributed by atoms with van der Waals surface area (Å²) in [5.41, 5.74) is 2.05. The molecule has 2 aromatic heterocycles. The van der Waals surface area contributed by atoms with Gasteiger partial charge in [-0.15, -0.1) is 11.3 Å². The van der Waals surface area contributed by atoms with Crippen molar-refractivity contribution in [1.82, 2.24) is 4.98 Å². The van der Waals surface area contributed by atoms with Crippen molar-refractivity contribution in [2.24, 2.45) is 5.92 Å². The molecule has 4 rings (SSSR count). The average molecular weight is 324 g/mol. The summed E-state index contributed by atoms with van der Waals surface area (Å²) in [6, 6.07) is 14.4. The van der Waals surface area contributed by atoms with Gasteiger partial charge in [0.25, 0.3) is 0 Å². The smallest absolute Gasteiger partial charge is 0.0720 e. The van der Waals surface area contributed by atoms with E-state index in [2.05, 4.69) is 53.9 Å². The van der Waals surface area contributed by atoms with Gasteiger partial charge < -0.3 is 0 Å². The molecule has 0 spiro atoms. The number of fused-ring (bicyclic) bond motifs is 1. The molecule has 0 fully saturated rings. The van der Waals surface area contributed by atoms with Crippen LogP contribution in [-0.2, 0) is 0 Å². The maximum Gasteiger partial charge on any atom is 0.0720 e. The van der Waals surface area contributed by atoms with Crippen LogP contribution in [0.4, 0.5) is 0 Å². The van der Waals surface area contributed by atoms with Gasteiger partial charge in [0.15, 0.2) is 0 Å². The van der Waals surface area contributed by atoms with Crippen molar-refractivity contribution in [3.05, 3.63) is 87.7 Å². The van der Waals surface area contributed by atoms with Crippen LogP contribution in [0, 0.1) is 5.92 Å². The Hall–Kier alpha value is -1.90. The zero-order chi connectivity index (χ0) is 14.9. The topological polar surface area (TPSA) is 12.9 Å². The van der Waals surface area contributed by atoms with Gasteiger partial charge in [-0.05, 0) is 29.6 Å². The Morgan fingerprint density at radius 1 is 1.05 bits per heavy atom. The van der Waals surface area contributed by atoms with Gasteiger partial charge in [0.1, 0.15) is 0 Å². The van der Waals surface area contributed by atoms with E-state index in [1.165, 1.54) is 4.88 Å². The lowest BCUT2D eigenvalue weighted by Crippen LogP contribution is -2.10. The van der Waals surface area contributed by atoms with Gasteiger partial charge in [0.05, 0.1) is 11.2 Å². The van der Waals surface area contributed by atoms with Gasteiger partial charge in [0, 0.05) is 27.1 Å². The van der Waals surface area contributed by atoms with Crippen molar-refractivity contribution < 1.29 is 0 Å². The van der Waals surface area contributed by atoms with Crippen molar-refractivity contribution in [3.63, 3.8) is 0 Å². The Morgan fingerprint density at radius 2 is 1.86 bits per heavy atom. The number of halogens is 1. The molecule has 2 heterocycles. The molecule has 1 atom stereocenters. The number of aromatic nitrogens is 1. The van der Waals surface area contributed by atoms with E-state index < -0.39 is 0 Å². The Bertz CT molecular complexity index is 852. The zero-order valence-electron chi connectivity index (χ0n) is 11.8. The van der Waals surface area contributed by atoms with Crippen LogP contribution in [-0.4, -0.2) is 4.98 Å². The van der Waals surface area contributed by atoms with Crippen LogP contribution in [0.5, 0.6) is 0 Å². The van der Waals surface area contributed by atoms with Gasteiger partial charge in [-0.2, -0.15) is 0 Å². The first-order valence-corrected chi connectivity index (χ1v) is 8.52. The van der Waals surface area contributed by atoms with E-state index in [0.29, 0.717) is 5.92 Å². The second-order valence-corrected chi connectivity index (χ2v) is 6.83. The van der Waals surface area contributed by atoms with E-state index in [4.69, 9.17) is 16.6 Å². The molecule has 0 aliphatic heterocycles. The van der Waals surface area contributed by atoms with Crippen LogP contribution in [0.15, 0.2) is 72.1 Å². The van der Waals surface area contributed by atoms with Crippen molar-refractivity contribution >= 4 is 33.8 Å². The number of hydrogen-bond acceptors (Lipinski definition) is 2. The average Bonchev–Trinajstić information content (AvgIpc) is 3.21. The Morgan fingerprint density at radius 3 is 2.64 bits per heavy atom. The Balaban J connectivity index is 1.85. The minimum absolute atomic E-state index is 0.262. The highest BCUT2D eigenvalue weighted by Crippen LogP contribution is 2.37. The molecule has 22 heavy (non-hydrogen) atoms. The lowest BCUT2D eigenvalue weighted by molar-refractivity contribution is 0.686. The SMILES string of the molecule is Clc1ccc2ccc(C(c3cccs3)C3C=CC=C3)nc2c1. The van der Waals surface area contributed by atoms with Crippen LogP contribution in [0.1, 0.15) is 16.5 Å². The number of thiophene rings is 1. The van der Waals surface area contributed by atoms with Crippen LogP contribution in [0.2, 0.25) is 5.02 Å². The summed E-state index contributed by atoms with van der Waals surface area (Å²) in [5.74, 6) is 0.626. The molecule has 0 saturated carbocycles. The molecule has 1 aliphatic rings. The molecular weight excluding hydrogens is 310 g/mol. The molecule has 0 saturated heterocycles. The number of nitrogens with zero attached hydrogens (tertiary/aromatic N) is 1. The van der Waals surface area contributed by atoms with Gasteiger partial charge in [-0.1, -0.05) is 54.1 Å². The van der Waals surface area contributed by atoms with E-state index in [-0.39, 0.29) is 5.92 Å². The predicted molar refractivity (Wildman–Crippen MR) is 94.7 cm³/mol. The second kappa shape index (κ2) is 5.71. The van der Waals surface area contributed by atoms with E-state index in [0.717, 1.165) is 21.6 Å². The summed E-state index contributed by atoms with van der Waals surface area (Å²) >= 11 is 7.90. The Labute approximate surface area is 138 Å². The highest BCUT2D eigenvalue weighted by molar-refractivity contribution is 7.10. The highest BCUT2D eigenvalue weighted by Gasteiger charge is 2.24. The summed E-state index contributed by atoms with van der Waals surface area (Å²) < 4.78 is 0. The highest BCUT2D eigenvalue weighted by atomic mass is 35.5. The van der Waals surface area contributed by atoms with Gasteiger partial charge in [-0.25, -0.2) is 0 Å². The molecule has 1 aliphatic carbocycles. The van der Waals surface area contributed by atoms with Gasteiger partial charge in [0.2, 0.25) is 0 Å². The fourth-order valence-corrected chi connectivity index (χ4v) is 4.01. The van der Waals surface area contributed by atoms with Crippen LogP contribution in [0.25, 0.3) is 10.9 Å². The van der Waals surface area contributed by atoms with Crippen molar-refractivity contribution in [1.29, 1.82) is 0 Å². The number of hydrogen-bond donors (Lipinski definition) is 0. The van der Waals surface area contributed by atoms with Crippen LogP contribution < -0.4 is 0 Å². The molecular formula is C19H14ClNS. The minimum atomic E-state index is 0.262. The van der Waals surface area contributed by atoms with Crippen molar-refractivity contribution in [2.45, 2.75) is 5.92 Å². The van der Waals surface area contributed by atoms with E-state index in [1.807, 2.05) is 18.2 Å². The van der Waals surface area contributed by atoms with Gasteiger partial charge in [-0.3, -0.25) is 4.98 Å². The molecule has 3 heteroatoms. The summed E-state index contributed by atoms with van der Waals surface area (Å²) in [7, 11) is 0. The third-order valence-corrected chi connectivity index (χ3v) is 5.20. The number of pyridine rings is 1. The number of benzene rings is 1. The first-order valence-electron chi connectivity index (χ1n) is 7.26. The number of allylic oxidation sites excluding steroid dienone is 4. The summed E-state index contributed by atoms with van der Waals surface area (Å²) in [6.45, 7) is 0. The second-order valence-electron chi connectivity index (χ2n) is 5.41. The molecule has 108 valence electrons. The monoisotopic (exact) mass is 323 g/mol. The van der Waals surface area contributed by atoms with Crippen molar-refractivity contribution in [2.75, 3.05) is 0 Å². The molecule has 0 bridgehead atoms. The molecule has 0 radical (unpaired) electrons. The Kier molecular flexibility index (Phi) is 3.57. The predicted octanol–water partition coefficient (Wildman–Crippen LogP) is 5.82. The lowest BCUT2D eigenvalue weighted by Gasteiger charge is -2.20. The van der Waals surface area contributed by atoms with Crippen LogP contribution in [0.3, 0.4) is 0 Å². The number of rotatable bonds is 3. The fraction of sp³-hybridized carbons (Fsp3) is 0.105. The largest absolute Gasteiger partial charge is 0.252 e. The molecule has 1 nitrogen and oxygen atoms in total. The molecule has 1 unspecified atom stereocenters. The van der Waals surface area contributed by atoms with Gasteiger partial charge >= 0.3 is 0 Å². The van der Waals surface area contributed by atoms with Crippen molar-refractivity contribution in [3.8, 4) is 0 Å².